The predicted molar refractivity (Wildman–Crippen MR) is 66.7 cm³/mol. The Bertz CT molecular complexity index is 560. The summed E-state index contributed by atoms with van der Waals surface area (Å²) in [7, 11) is 1.80. The van der Waals surface area contributed by atoms with Gasteiger partial charge in [-0.15, -0.1) is 0 Å². The molecule has 0 bridgehead atoms. The lowest BCUT2D eigenvalue weighted by Gasteiger charge is -2.05. The Morgan fingerprint density at radius 3 is 2.61 bits per heavy atom. The van der Waals surface area contributed by atoms with Crippen LogP contribution in [0.25, 0.3) is 0 Å². The third-order valence-corrected chi connectivity index (χ3v) is 2.57. The average molecular weight is 247 g/mol. The Morgan fingerprint density at radius 1 is 1.39 bits per heavy atom. The van der Waals surface area contributed by atoms with Crippen LogP contribution in [-0.4, -0.2) is 15.7 Å². The summed E-state index contributed by atoms with van der Waals surface area (Å²) in [6.07, 6.45) is 0.245. The molecule has 94 valence electrons. The van der Waals surface area contributed by atoms with Crippen molar-refractivity contribution in [3.63, 3.8) is 0 Å². The summed E-state index contributed by atoms with van der Waals surface area (Å²) in [5, 5.41) is 6.88. The van der Waals surface area contributed by atoms with E-state index in [1.54, 1.807) is 11.7 Å². The van der Waals surface area contributed by atoms with Crippen LogP contribution in [0, 0.1) is 12.7 Å². The van der Waals surface area contributed by atoms with Gasteiger partial charge in [0.25, 0.3) is 0 Å². The lowest BCUT2D eigenvalue weighted by Crippen LogP contribution is -2.16. The van der Waals surface area contributed by atoms with Gasteiger partial charge in [0.15, 0.2) is 0 Å². The highest BCUT2D eigenvalue weighted by molar-refractivity contribution is 5.92. The number of carbonyl (C=O) groups excluding carboxylic acids is 1. The van der Waals surface area contributed by atoms with E-state index in [0.29, 0.717) is 5.69 Å². The number of anilines is 1. The summed E-state index contributed by atoms with van der Waals surface area (Å²) < 4.78 is 14.4. The number of nitrogens with zero attached hydrogens (tertiary/aromatic N) is 2. The summed E-state index contributed by atoms with van der Waals surface area (Å²) >= 11 is 0. The predicted octanol–water partition coefficient (Wildman–Crippen LogP) is 2.05. The van der Waals surface area contributed by atoms with Gasteiger partial charge in [0.05, 0.1) is 12.1 Å². The van der Waals surface area contributed by atoms with Gasteiger partial charge in [-0.1, -0.05) is 0 Å². The van der Waals surface area contributed by atoms with Crippen molar-refractivity contribution < 1.29 is 9.18 Å². The first-order valence-corrected chi connectivity index (χ1v) is 5.59. The van der Waals surface area contributed by atoms with E-state index in [-0.39, 0.29) is 18.1 Å². The molecular formula is C13H14FN3O. The number of nitrogens with one attached hydrogen (secondary N) is 1. The van der Waals surface area contributed by atoms with Crippen LogP contribution >= 0.6 is 0 Å². The van der Waals surface area contributed by atoms with Gasteiger partial charge in [0, 0.05) is 18.4 Å². The molecule has 0 saturated heterocycles. The van der Waals surface area contributed by atoms with Gasteiger partial charge in [0.1, 0.15) is 5.82 Å². The van der Waals surface area contributed by atoms with Crippen LogP contribution in [0.5, 0.6) is 0 Å². The van der Waals surface area contributed by atoms with Crippen LogP contribution in [0.3, 0.4) is 0 Å². The Morgan fingerprint density at radius 2 is 2.06 bits per heavy atom. The van der Waals surface area contributed by atoms with Gasteiger partial charge in [-0.25, -0.2) is 4.39 Å². The number of aromatic nitrogens is 2. The molecule has 0 aliphatic carbocycles. The van der Waals surface area contributed by atoms with Crippen LogP contribution in [0.1, 0.15) is 11.4 Å². The highest BCUT2D eigenvalue weighted by atomic mass is 19.1. The molecule has 0 aliphatic rings. The molecule has 0 fully saturated rings. The molecule has 0 saturated carbocycles. The zero-order chi connectivity index (χ0) is 13.1. The summed E-state index contributed by atoms with van der Waals surface area (Å²) in [5.41, 5.74) is 2.30. The second-order valence-electron chi connectivity index (χ2n) is 4.13. The van der Waals surface area contributed by atoms with Crippen molar-refractivity contribution >= 4 is 11.6 Å². The fourth-order valence-electron chi connectivity index (χ4n) is 1.73. The van der Waals surface area contributed by atoms with Gasteiger partial charge in [-0.05, 0) is 37.3 Å². The van der Waals surface area contributed by atoms with Crippen LogP contribution in [0.15, 0.2) is 30.3 Å². The number of carbonyl (C=O) groups is 1. The highest BCUT2D eigenvalue weighted by Gasteiger charge is 2.08. The van der Waals surface area contributed by atoms with Crippen molar-refractivity contribution in [3.05, 3.63) is 47.5 Å². The number of halogens is 1. The molecule has 0 atom stereocenters. The zero-order valence-corrected chi connectivity index (χ0v) is 10.3. The number of hydrogen-bond acceptors (Lipinski definition) is 2. The first-order chi connectivity index (χ1) is 8.54. The third kappa shape index (κ3) is 2.94. The first kappa shape index (κ1) is 12.3. The molecular weight excluding hydrogens is 233 g/mol. The zero-order valence-electron chi connectivity index (χ0n) is 10.3. The number of amides is 1. The summed E-state index contributed by atoms with van der Waals surface area (Å²) in [4.78, 5) is 11.8. The summed E-state index contributed by atoms with van der Waals surface area (Å²) in [5.74, 6) is -0.472. The molecule has 5 heteroatoms. The minimum absolute atomic E-state index is 0.149. The van der Waals surface area contributed by atoms with E-state index < -0.39 is 0 Å². The van der Waals surface area contributed by atoms with Crippen molar-refractivity contribution in [3.8, 4) is 0 Å². The number of rotatable bonds is 3. The molecule has 1 heterocycles. The topological polar surface area (TPSA) is 46.9 Å². The quantitative estimate of drug-likeness (QED) is 0.902. The minimum atomic E-state index is -0.324. The van der Waals surface area contributed by atoms with E-state index in [0.717, 1.165) is 11.4 Å². The maximum absolute atomic E-state index is 12.7. The molecule has 18 heavy (non-hydrogen) atoms. The summed E-state index contributed by atoms with van der Waals surface area (Å²) in [6.45, 7) is 1.88. The van der Waals surface area contributed by atoms with Crippen molar-refractivity contribution in [2.75, 3.05) is 5.32 Å². The van der Waals surface area contributed by atoms with E-state index >= 15 is 0 Å². The van der Waals surface area contributed by atoms with Crippen LogP contribution in [0.2, 0.25) is 0 Å². The Kier molecular flexibility index (Phi) is 3.41. The van der Waals surface area contributed by atoms with Gasteiger partial charge in [-0.2, -0.15) is 5.10 Å². The first-order valence-electron chi connectivity index (χ1n) is 5.59. The molecule has 2 aromatic rings. The monoisotopic (exact) mass is 247 g/mol. The van der Waals surface area contributed by atoms with E-state index in [1.807, 2.05) is 13.0 Å². The molecule has 0 spiro atoms. The maximum Gasteiger partial charge on any atom is 0.230 e. The van der Waals surface area contributed by atoms with Gasteiger partial charge >= 0.3 is 0 Å². The van der Waals surface area contributed by atoms with Gasteiger partial charge in [-0.3, -0.25) is 9.48 Å². The van der Waals surface area contributed by atoms with E-state index in [1.165, 1.54) is 24.3 Å². The fourth-order valence-corrected chi connectivity index (χ4v) is 1.73. The molecule has 2 rings (SSSR count). The molecule has 1 N–H and O–H groups in total. The minimum Gasteiger partial charge on any atom is -0.326 e. The number of hydrogen-bond donors (Lipinski definition) is 1. The average Bonchev–Trinajstić information content (AvgIpc) is 2.61. The Labute approximate surface area is 104 Å². The normalized spacial score (nSPS) is 10.4. The highest BCUT2D eigenvalue weighted by Crippen LogP contribution is 2.09. The van der Waals surface area contributed by atoms with Gasteiger partial charge in [0.2, 0.25) is 5.91 Å². The van der Waals surface area contributed by atoms with Crippen LogP contribution < -0.4 is 5.32 Å². The summed E-state index contributed by atoms with van der Waals surface area (Å²) in [6, 6.07) is 7.54. The molecule has 1 aromatic heterocycles. The fraction of sp³-hybridized carbons (Fsp3) is 0.231. The molecule has 1 amide bonds. The molecule has 1 aromatic carbocycles. The largest absolute Gasteiger partial charge is 0.326 e. The third-order valence-electron chi connectivity index (χ3n) is 2.57. The number of aryl methyl sites for hydroxylation is 2. The molecule has 0 radical (unpaired) electrons. The smallest absolute Gasteiger partial charge is 0.230 e. The van der Waals surface area contributed by atoms with E-state index in [9.17, 15) is 9.18 Å². The Balaban J connectivity index is 2.01. The van der Waals surface area contributed by atoms with Crippen molar-refractivity contribution in [1.29, 1.82) is 0 Å². The molecule has 0 unspecified atom stereocenters. The Hall–Kier alpha value is -2.17. The van der Waals surface area contributed by atoms with Crippen LogP contribution in [-0.2, 0) is 18.3 Å². The standard InChI is InChI=1S/C13H14FN3O/c1-9-7-12(17(2)16-9)8-13(18)15-11-5-3-10(14)4-6-11/h3-7H,8H2,1-2H3,(H,15,18). The van der Waals surface area contributed by atoms with Crippen molar-refractivity contribution in [1.82, 2.24) is 9.78 Å². The second kappa shape index (κ2) is 5.00. The lowest BCUT2D eigenvalue weighted by molar-refractivity contribution is -0.115. The van der Waals surface area contributed by atoms with Crippen molar-refractivity contribution in [2.45, 2.75) is 13.3 Å². The molecule has 4 nitrogen and oxygen atoms in total. The molecule has 0 aliphatic heterocycles. The SMILES string of the molecule is Cc1cc(CC(=O)Nc2ccc(F)cc2)n(C)n1. The maximum atomic E-state index is 12.7. The second-order valence-corrected chi connectivity index (χ2v) is 4.13. The number of benzene rings is 1. The van der Waals surface area contributed by atoms with Gasteiger partial charge < -0.3 is 5.32 Å². The van der Waals surface area contributed by atoms with Crippen LogP contribution in [0.4, 0.5) is 10.1 Å². The van der Waals surface area contributed by atoms with E-state index in [4.69, 9.17) is 0 Å². The lowest BCUT2D eigenvalue weighted by atomic mass is 10.2. The van der Waals surface area contributed by atoms with E-state index in [2.05, 4.69) is 10.4 Å². The van der Waals surface area contributed by atoms with Crippen molar-refractivity contribution in [2.24, 2.45) is 7.05 Å².